The van der Waals surface area contributed by atoms with Crippen molar-refractivity contribution in [1.29, 1.82) is 0 Å². The second kappa shape index (κ2) is 12.0. The van der Waals surface area contributed by atoms with Crippen LogP contribution >= 0.6 is 11.5 Å². The van der Waals surface area contributed by atoms with E-state index < -0.39 is 11.9 Å². The van der Waals surface area contributed by atoms with E-state index in [0.717, 1.165) is 56.7 Å². The average molecular weight is 453 g/mol. The lowest BCUT2D eigenvalue weighted by Crippen LogP contribution is -2.53. The maximum atomic E-state index is 13.5. The number of hydrogen-bond acceptors (Lipinski definition) is 7. The van der Waals surface area contributed by atoms with E-state index in [1.165, 1.54) is 0 Å². The summed E-state index contributed by atoms with van der Waals surface area (Å²) in [4.78, 5) is 42.2. The molecule has 1 aliphatic rings. The second-order valence-corrected chi connectivity index (χ2v) is 8.73. The Labute approximate surface area is 188 Å². The number of carbonyl (C=O) groups is 3. The van der Waals surface area contributed by atoms with Gasteiger partial charge in [0.25, 0.3) is 11.8 Å². The molecule has 1 atom stereocenters. The normalized spacial score (nSPS) is 15.2. The van der Waals surface area contributed by atoms with Gasteiger partial charge in [-0.1, -0.05) is 40.0 Å². The molecule has 1 aromatic rings. The fraction of sp³-hybridized carbons (Fsp3) is 0.714. The Kier molecular flexibility index (Phi) is 9.70. The van der Waals surface area contributed by atoms with E-state index in [0.29, 0.717) is 19.5 Å². The average Bonchev–Trinajstić information content (AvgIpc) is 3.39. The van der Waals surface area contributed by atoms with E-state index in [1.54, 1.807) is 4.90 Å². The number of likely N-dealkylation sites (N-methyl/N-ethyl adjacent to an activating group) is 1. The summed E-state index contributed by atoms with van der Waals surface area (Å²) >= 11 is 0.854. The van der Waals surface area contributed by atoms with Crippen molar-refractivity contribution in [3.8, 4) is 0 Å². The summed E-state index contributed by atoms with van der Waals surface area (Å²) in [5.74, 6) is -1.28. The van der Waals surface area contributed by atoms with Crippen LogP contribution < -0.4 is 16.8 Å². The molecule has 0 saturated heterocycles. The lowest BCUT2D eigenvalue weighted by molar-refractivity contribution is -0.126. The molecule has 0 radical (unpaired) electrons. The Morgan fingerprint density at radius 2 is 1.81 bits per heavy atom. The first kappa shape index (κ1) is 25.1. The number of rotatable bonds is 12. The van der Waals surface area contributed by atoms with Crippen LogP contribution in [0.2, 0.25) is 0 Å². The minimum atomic E-state index is -0.772. The predicted octanol–water partition coefficient (Wildman–Crippen LogP) is 1.84. The fourth-order valence-corrected chi connectivity index (χ4v) is 4.78. The van der Waals surface area contributed by atoms with Gasteiger partial charge in [0.2, 0.25) is 5.91 Å². The molecule has 174 valence electrons. The molecule has 0 spiro atoms. The van der Waals surface area contributed by atoms with Crippen molar-refractivity contribution in [2.24, 2.45) is 5.73 Å². The van der Waals surface area contributed by atoms with Gasteiger partial charge in [0.05, 0.1) is 5.69 Å². The van der Waals surface area contributed by atoms with Gasteiger partial charge in [-0.25, -0.2) is 0 Å². The first-order valence-electron chi connectivity index (χ1n) is 11.2. The van der Waals surface area contributed by atoms with Crippen LogP contribution in [0.15, 0.2) is 0 Å². The Balaban J connectivity index is 2.32. The largest absolute Gasteiger partial charge is 0.395 e. The summed E-state index contributed by atoms with van der Waals surface area (Å²) in [6.45, 7) is 8.83. The van der Waals surface area contributed by atoms with Gasteiger partial charge in [-0.05, 0) is 43.9 Å². The first-order chi connectivity index (χ1) is 14.8. The quantitative estimate of drug-likeness (QED) is 0.443. The summed E-state index contributed by atoms with van der Waals surface area (Å²) in [7, 11) is 0. The minimum Gasteiger partial charge on any atom is -0.395 e. The third-order valence-electron chi connectivity index (χ3n) is 5.91. The molecule has 31 heavy (non-hydrogen) atoms. The van der Waals surface area contributed by atoms with Gasteiger partial charge < -0.3 is 26.6 Å². The van der Waals surface area contributed by atoms with Crippen molar-refractivity contribution in [2.75, 3.05) is 31.9 Å². The maximum Gasteiger partial charge on any atom is 0.270 e. The zero-order valence-corrected chi connectivity index (χ0v) is 19.7. The molecule has 0 unspecified atom stereocenters. The van der Waals surface area contributed by atoms with Gasteiger partial charge in [-0.3, -0.25) is 14.4 Å². The molecule has 1 aromatic heterocycles. The number of aromatic nitrogens is 1. The summed E-state index contributed by atoms with van der Waals surface area (Å²) < 4.78 is 3.96. The van der Waals surface area contributed by atoms with Crippen LogP contribution in [0.25, 0.3) is 0 Å². The first-order valence-corrected chi connectivity index (χ1v) is 12.0. The number of nitrogen functional groups attached to an aromatic ring is 1. The highest BCUT2D eigenvalue weighted by Gasteiger charge is 2.34. The number of nitrogens with two attached hydrogens (primary N) is 2. The van der Waals surface area contributed by atoms with Crippen molar-refractivity contribution >= 4 is 34.9 Å². The van der Waals surface area contributed by atoms with E-state index in [1.807, 2.05) is 6.92 Å². The number of nitrogens with zero attached hydrogens (tertiary/aromatic N) is 3. The molecular weight excluding hydrogens is 416 g/mol. The van der Waals surface area contributed by atoms with Gasteiger partial charge in [0.1, 0.15) is 10.9 Å². The lowest BCUT2D eigenvalue weighted by Gasteiger charge is -2.33. The Hall–Kier alpha value is -2.20. The molecule has 0 aliphatic heterocycles. The van der Waals surface area contributed by atoms with Gasteiger partial charge in [-0.2, -0.15) is 4.37 Å². The highest BCUT2D eigenvalue weighted by Crippen LogP contribution is 2.25. The van der Waals surface area contributed by atoms with Crippen LogP contribution in [-0.2, 0) is 4.79 Å². The molecule has 9 nitrogen and oxygen atoms in total. The van der Waals surface area contributed by atoms with Gasteiger partial charge in [0.15, 0.2) is 5.69 Å². The summed E-state index contributed by atoms with van der Waals surface area (Å²) in [5.41, 5.74) is 11.2. The van der Waals surface area contributed by atoms with Crippen molar-refractivity contribution in [3.05, 3.63) is 10.6 Å². The molecule has 10 heteroatoms. The van der Waals surface area contributed by atoms with Crippen LogP contribution in [0, 0.1) is 0 Å². The molecule has 1 saturated carbocycles. The number of carbonyl (C=O) groups excluding carboxylic acids is 3. The fourth-order valence-electron chi connectivity index (χ4n) is 4.02. The third-order valence-corrected chi connectivity index (χ3v) is 6.76. The number of nitrogens with one attached hydrogen (secondary N) is 1. The Morgan fingerprint density at radius 1 is 1.16 bits per heavy atom. The highest BCUT2D eigenvalue weighted by molar-refractivity contribution is 7.09. The number of anilines is 1. The predicted molar refractivity (Wildman–Crippen MR) is 123 cm³/mol. The molecule has 1 fully saturated rings. The second-order valence-electron chi connectivity index (χ2n) is 7.96. The van der Waals surface area contributed by atoms with Crippen molar-refractivity contribution in [2.45, 2.75) is 71.4 Å². The molecule has 3 amide bonds. The zero-order valence-electron chi connectivity index (χ0n) is 18.9. The molecule has 0 bridgehead atoms. The minimum absolute atomic E-state index is 0.0122. The van der Waals surface area contributed by atoms with Gasteiger partial charge in [-0.15, -0.1) is 0 Å². The molecular formula is C21H36N6O3S. The number of hydrogen-bond donors (Lipinski definition) is 3. The van der Waals surface area contributed by atoms with Crippen LogP contribution in [-0.4, -0.2) is 70.2 Å². The number of primary amides is 1. The van der Waals surface area contributed by atoms with E-state index in [4.69, 9.17) is 11.5 Å². The zero-order chi connectivity index (χ0) is 23.0. The smallest absolute Gasteiger partial charge is 0.270 e. The van der Waals surface area contributed by atoms with Crippen LogP contribution in [0.4, 0.5) is 5.69 Å². The summed E-state index contributed by atoms with van der Waals surface area (Å²) in [5, 5.41) is 3.14. The Bertz CT molecular complexity index is 758. The molecule has 0 aromatic carbocycles. The Morgan fingerprint density at radius 3 is 2.32 bits per heavy atom. The van der Waals surface area contributed by atoms with Gasteiger partial charge in [0, 0.05) is 19.1 Å². The van der Waals surface area contributed by atoms with Crippen molar-refractivity contribution in [1.82, 2.24) is 19.5 Å². The van der Waals surface area contributed by atoms with Gasteiger partial charge >= 0.3 is 0 Å². The van der Waals surface area contributed by atoms with Crippen LogP contribution in [0.3, 0.4) is 0 Å². The van der Waals surface area contributed by atoms with Crippen LogP contribution in [0.5, 0.6) is 0 Å². The van der Waals surface area contributed by atoms with Crippen molar-refractivity contribution < 1.29 is 14.4 Å². The molecule has 5 N–H and O–H groups in total. The summed E-state index contributed by atoms with van der Waals surface area (Å²) in [6.07, 6.45) is 5.47. The summed E-state index contributed by atoms with van der Waals surface area (Å²) in [6, 6.07) is -0.436. The van der Waals surface area contributed by atoms with Crippen LogP contribution in [0.1, 0.15) is 79.5 Å². The maximum absolute atomic E-state index is 13.5. The van der Waals surface area contributed by atoms with Crippen molar-refractivity contribution in [3.63, 3.8) is 0 Å². The highest BCUT2D eigenvalue weighted by atomic mass is 32.1. The SMILES string of the molecule is CCC[C@@H](C(=O)NC1CCCC1)N(CCN(CC)CC)C(=O)c1snc(C(N)=O)c1N. The monoisotopic (exact) mass is 452 g/mol. The molecule has 2 rings (SSSR count). The molecule has 1 aliphatic carbocycles. The van der Waals surface area contributed by atoms with E-state index in [2.05, 4.69) is 28.4 Å². The molecule has 1 heterocycles. The topological polar surface area (TPSA) is 135 Å². The standard InChI is InChI=1S/C21H36N6O3S/c1-4-9-15(20(29)24-14-10-7-8-11-14)27(13-12-26(5-2)6-3)21(30)18-16(22)17(19(23)28)25-31-18/h14-15H,4-13,22H2,1-3H3,(H2,23,28)(H,24,29)/t15-/m0/s1. The van der Waals surface area contributed by atoms with E-state index in [-0.39, 0.29) is 34.1 Å². The lowest BCUT2D eigenvalue weighted by atomic mass is 10.1. The third kappa shape index (κ3) is 6.39. The van der Waals surface area contributed by atoms with E-state index in [9.17, 15) is 14.4 Å². The number of amides is 3. The van der Waals surface area contributed by atoms with E-state index >= 15 is 0 Å².